The number of carbonyl (C=O) groups is 2. The van der Waals surface area contributed by atoms with E-state index in [9.17, 15) is 18.0 Å². The number of benzene rings is 2. The number of aryl methyl sites for hydroxylation is 1. The van der Waals surface area contributed by atoms with Gasteiger partial charge >= 0.3 is 12.0 Å². The Morgan fingerprint density at radius 1 is 1.18 bits per heavy atom. The first-order chi connectivity index (χ1) is 19.1. The minimum atomic E-state index is -3.68. The van der Waals surface area contributed by atoms with Gasteiger partial charge in [-0.05, 0) is 44.5 Å². The molecule has 0 radical (unpaired) electrons. The van der Waals surface area contributed by atoms with Crippen molar-refractivity contribution in [1.29, 1.82) is 0 Å². The van der Waals surface area contributed by atoms with Gasteiger partial charge in [0.05, 0.1) is 23.1 Å². The Morgan fingerprint density at radius 2 is 1.88 bits per heavy atom. The van der Waals surface area contributed by atoms with Gasteiger partial charge in [-0.15, -0.1) is 6.58 Å². The Kier molecular flexibility index (Phi) is 9.35. The van der Waals surface area contributed by atoms with Gasteiger partial charge in [-0.3, -0.25) is 9.80 Å². The fourth-order valence-electron chi connectivity index (χ4n) is 5.16. The first-order valence-corrected chi connectivity index (χ1v) is 15.0. The Hall–Kier alpha value is -3.18. The molecule has 0 aliphatic carbocycles. The van der Waals surface area contributed by atoms with E-state index in [-0.39, 0.29) is 43.2 Å². The van der Waals surface area contributed by atoms with Crippen molar-refractivity contribution in [3.8, 4) is 0 Å². The van der Waals surface area contributed by atoms with Crippen molar-refractivity contribution in [2.45, 2.75) is 37.8 Å². The van der Waals surface area contributed by atoms with E-state index in [2.05, 4.69) is 16.8 Å². The Morgan fingerprint density at radius 3 is 2.50 bits per heavy atom. The van der Waals surface area contributed by atoms with Crippen LogP contribution in [0, 0.1) is 6.92 Å². The van der Waals surface area contributed by atoms with Crippen LogP contribution in [0.5, 0.6) is 0 Å². The largest absolute Gasteiger partial charge is 0.463 e. The van der Waals surface area contributed by atoms with Crippen LogP contribution in [0.4, 0.5) is 4.79 Å². The number of sulfonamides is 1. The standard InChI is InChI=1S/C29H35ClN4O5S/c1-5-15-33-25(26(28(35)39-6-2)27(31-29(33)36)23-9-7-8-10-24(23)30)19-32-16-17-34(21(4)18-32)40(37,38)22-13-11-20(3)12-14-22/h5,7-14,21,27H,1,6,15-19H2,2-4H3,(H,31,36). The summed E-state index contributed by atoms with van der Waals surface area (Å²) in [5, 5.41) is 3.32. The van der Waals surface area contributed by atoms with E-state index in [1.807, 2.05) is 13.8 Å². The highest BCUT2D eigenvalue weighted by Gasteiger charge is 2.40. The molecule has 0 bridgehead atoms. The first-order valence-electron chi connectivity index (χ1n) is 13.2. The molecule has 11 heteroatoms. The highest BCUT2D eigenvalue weighted by atomic mass is 35.5. The van der Waals surface area contributed by atoms with Gasteiger partial charge in [0.15, 0.2) is 0 Å². The van der Waals surface area contributed by atoms with Gasteiger partial charge < -0.3 is 10.1 Å². The molecule has 9 nitrogen and oxygen atoms in total. The number of nitrogens with zero attached hydrogens (tertiary/aromatic N) is 3. The number of hydrogen-bond donors (Lipinski definition) is 1. The van der Waals surface area contributed by atoms with Gasteiger partial charge in [-0.2, -0.15) is 4.31 Å². The lowest BCUT2D eigenvalue weighted by atomic mass is 9.94. The summed E-state index contributed by atoms with van der Waals surface area (Å²) >= 11 is 6.50. The third-order valence-corrected chi connectivity index (χ3v) is 9.49. The number of ether oxygens (including phenoxy) is 1. The number of halogens is 1. The van der Waals surface area contributed by atoms with E-state index in [0.29, 0.717) is 34.9 Å². The third kappa shape index (κ3) is 6.10. The predicted octanol–water partition coefficient (Wildman–Crippen LogP) is 4.11. The molecule has 2 heterocycles. The SMILES string of the molecule is C=CCN1C(=O)NC(c2ccccc2Cl)C(C(=O)OCC)=C1CN1CCN(S(=O)(=O)c2ccc(C)cc2)C(C)C1. The summed E-state index contributed by atoms with van der Waals surface area (Å²) in [4.78, 5) is 30.5. The van der Waals surface area contributed by atoms with Crippen molar-refractivity contribution >= 4 is 33.6 Å². The summed E-state index contributed by atoms with van der Waals surface area (Å²) in [6.45, 7) is 10.9. The maximum atomic E-state index is 13.4. The summed E-state index contributed by atoms with van der Waals surface area (Å²) in [6, 6.07) is 12.3. The van der Waals surface area contributed by atoms with E-state index in [1.54, 1.807) is 61.5 Å². The first kappa shape index (κ1) is 29.8. The quantitative estimate of drug-likeness (QED) is 0.351. The van der Waals surface area contributed by atoms with E-state index >= 15 is 0 Å². The lowest BCUT2D eigenvalue weighted by Gasteiger charge is -2.42. The predicted molar refractivity (Wildman–Crippen MR) is 154 cm³/mol. The highest BCUT2D eigenvalue weighted by Crippen LogP contribution is 2.35. The van der Waals surface area contributed by atoms with Crippen LogP contribution in [0.25, 0.3) is 0 Å². The van der Waals surface area contributed by atoms with Gasteiger partial charge in [-0.1, -0.05) is 53.6 Å². The summed E-state index contributed by atoms with van der Waals surface area (Å²) in [5.41, 5.74) is 2.34. The molecule has 1 saturated heterocycles. The highest BCUT2D eigenvalue weighted by molar-refractivity contribution is 7.89. The Balaban J connectivity index is 1.68. The Labute approximate surface area is 241 Å². The zero-order chi connectivity index (χ0) is 29.0. The van der Waals surface area contributed by atoms with Gasteiger partial charge in [-0.25, -0.2) is 18.0 Å². The molecule has 40 heavy (non-hydrogen) atoms. The molecule has 1 fully saturated rings. The van der Waals surface area contributed by atoms with Crippen LogP contribution in [0.3, 0.4) is 0 Å². The summed E-state index contributed by atoms with van der Waals surface area (Å²) in [6.07, 6.45) is 1.59. The van der Waals surface area contributed by atoms with E-state index in [0.717, 1.165) is 5.56 Å². The number of carbonyl (C=O) groups excluding carboxylic acids is 2. The molecule has 1 N–H and O–H groups in total. The molecule has 0 saturated carbocycles. The summed E-state index contributed by atoms with van der Waals surface area (Å²) < 4.78 is 33.7. The van der Waals surface area contributed by atoms with Gasteiger partial charge in [0.25, 0.3) is 0 Å². The fraction of sp³-hybridized carbons (Fsp3) is 0.379. The molecule has 2 aliphatic rings. The van der Waals surface area contributed by atoms with E-state index < -0.39 is 22.0 Å². The van der Waals surface area contributed by atoms with Crippen LogP contribution in [-0.4, -0.2) is 79.9 Å². The molecular weight excluding hydrogens is 552 g/mol. The lowest BCUT2D eigenvalue weighted by molar-refractivity contribution is -0.139. The molecule has 214 valence electrons. The molecule has 2 unspecified atom stereocenters. The summed E-state index contributed by atoms with van der Waals surface area (Å²) in [5.74, 6) is -0.551. The van der Waals surface area contributed by atoms with Crippen molar-refractivity contribution < 1.29 is 22.7 Å². The van der Waals surface area contributed by atoms with Crippen LogP contribution in [0.15, 0.2) is 77.4 Å². The van der Waals surface area contributed by atoms with Crippen LogP contribution in [-0.2, 0) is 19.6 Å². The number of hydrogen-bond acceptors (Lipinski definition) is 6. The van der Waals surface area contributed by atoms with Crippen LogP contribution in [0.2, 0.25) is 5.02 Å². The van der Waals surface area contributed by atoms with Crippen molar-refractivity contribution in [2.24, 2.45) is 0 Å². The molecule has 2 atom stereocenters. The van der Waals surface area contributed by atoms with E-state index in [1.165, 1.54) is 9.21 Å². The van der Waals surface area contributed by atoms with Crippen LogP contribution >= 0.6 is 11.6 Å². The maximum Gasteiger partial charge on any atom is 0.338 e. The van der Waals surface area contributed by atoms with Crippen molar-refractivity contribution in [3.05, 3.63) is 88.6 Å². The third-order valence-electron chi connectivity index (χ3n) is 7.11. The fourth-order valence-corrected chi connectivity index (χ4v) is 7.02. The molecule has 4 rings (SSSR count). The molecule has 0 aromatic heterocycles. The molecule has 2 aromatic rings. The van der Waals surface area contributed by atoms with Crippen molar-refractivity contribution in [3.63, 3.8) is 0 Å². The lowest BCUT2D eigenvalue weighted by Crippen LogP contribution is -2.56. The Bertz CT molecular complexity index is 1410. The maximum absolute atomic E-state index is 13.4. The molecule has 0 spiro atoms. The number of urea groups is 1. The molecule has 2 amide bonds. The number of esters is 1. The van der Waals surface area contributed by atoms with Crippen molar-refractivity contribution in [2.75, 3.05) is 39.3 Å². The number of piperazine rings is 1. The van der Waals surface area contributed by atoms with Crippen LogP contribution < -0.4 is 5.32 Å². The van der Waals surface area contributed by atoms with Gasteiger partial charge in [0, 0.05) is 49.5 Å². The summed E-state index contributed by atoms with van der Waals surface area (Å²) in [7, 11) is -3.68. The van der Waals surface area contributed by atoms with Gasteiger partial charge in [0.2, 0.25) is 10.0 Å². The smallest absolute Gasteiger partial charge is 0.338 e. The average Bonchev–Trinajstić information content (AvgIpc) is 2.91. The second kappa shape index (κ2) is 12.6. The second-order valence-corrected chi connectivity index (χ2v) is 12.2. The second-order valence-electron chi connectivity index (χ2n) is 9.90. The van der Waals surface area contributed by atoms with Gasteiger partial charge in [0.1, 0.15) is 0 Å². The van der Waals surface area contributed by atoms with Crippen LogP contribution in [0.1, 0.15) is 31.0 Å². The molecule has 2 aromatic carbocycles. The van der Waals surface area contributed by atoms with Crippen molar-refractivity contribution in [1.82, 2.24) is 19.4 Å². The molecular formula is C29H35ClN4O5S. The molecule has 2 aliphatic heterocycles. The average molecular weight is 587 g/mol. The monoisotopic (exact) mass is 586 g/mol. The zero-order valence-corrected chi connectivity index (χ0v) is 24.5. The number of rotatable bonds is 9. The topological polar surface area (TPSA) is 99.3 Å². The number of nitrogens with one attached hydrogen (secondary N) is 1. The number of amides is 2. The normalized spacial score (nSPS) is 20.8. The zero-order valence-electron chi connectivity index (χ0n) is 23.0. The minimum absolute atomic E-state index is 0.160. The minimum Gasteiger partial charge on any atom is -0.463 e. The van der Waals surface area contributed by atoms with E-state index in [4.69, 9.17) is 16.3 Å².